The minimum absolute atomic E-state index is 0.0306. The molecule has 14 heteroatoms. The number of nitrogens with zero attached hydrogens (tertiary/aromatic N) is 1. The van der Waals surface area contributed by atoms with Crippen LogP contribution in [0, 0.1) is 10.8 Å². The third-order valence-electron chi connectivity index (χ3n) is 11.0. The van der Waals surface area contributed by atoms with E-state index in [2.05, 4.69) is 5.16 Å². The Labute approximate surface area is 381 Å². The van der Waals surface area contributed by atoms with E-state index in [4.69, 9.17) is 52.2 Å². The Morgan fingerprint density at radius 1 is 0.615 bits per heavy atom. The van der Waals surface area contributed by atoms with Crippen LogP contribution in [0.4, 0.5) is 0 Å². The first kappa shape index (κ1) is 48.1. The second-order valence-electron chi connectivity index (χ2n) is 18.3. The van der Waals surface area contributed by atoms with E-state index in [1.54, 1.807) is 48.7 Å². The smallest absolute Gasteiger partial charge is 0.340 e. The van der Waals surface area contributed by atoms with Gasteiger partial charge in [0.15, 0.2) is 24.4 Å². The molecular formula is C51H61NO13. The molecule has 4 aromatic carbocycles. The van der Waals surface area contributed by atoms with Crippen LogP contribution in [0.15, 0.2) is 126 Å². The van der Waals surface area contributed by atoms with E-state index in [9.17, 15) is 9.59 Å². The van der Waals surface area contributed by atoms with E-state index < -0.39 is 84.4 Å². The van der Waals surface area contributed by atoms with E-state index in [-0.39, 0.29) is 38.7 Å². The molecule has 0 aliphatic carbocycles. The number of methoxy groups -OCH3 is 1. The Morgan fingerprint density at radius 2 is 1.12 bits per heavy atom. The number of ether oxygens (including phenoxy) is 10. The highest BCUT2D eigenvalue weighted by Gasteiger charge is 2.54. The first-order valence-corrected chi connectivity index (χ1v) is 22.0. The third-order valence-corrected chi connectivity index (χ3v) is 11.0. The number of esters is 1. The van der Waals surface area contributed by atoms with Gasteiger partial charge in [-0.1, -0.05) is 126 Å². The molecule has 0 bridgehead atoms. The minimum Gasteiger partial charge on any atom is -0.453 e. The summed E-state index contributed by atoms with van der Waals surface area (Å²) in [5.74, 6) is -1.18. The molecule has 7 rings (SSSR count). The van der Waals surface area contributed by atoms with E-state index in [1.165, 1.54) is 0 Å². The summed E-state index contributed by atoms with van der Waals surface area (Å²) < 4.78 is 65.1. The van der Waals surface area contributed by atoms with Crippen LogP contribution in [0.25, 0.3) is 0 Å². The van der Waals surface area contributed by atoms with Gasteiger partial charge in [-0.2, -0.15) is 0 Å². The van der Waals surface area contributed by atoms with Crippen LogP contribution in [0.5, 0.6) is 0 Å². The first-order valence-electron chi connectivity index (χ1n) is 22.0. The molecule has 3 heterocycles. The van der Waals surface area contributed by atoms with Crippen molar-refractivity contribution in [3.05, 3.63) is 144 Å². The van der Waals surface area contributed by atoms with Crippen molar-refractivity contribution in [2.75, 3.05) is 20.3 Å². The first-order chi connectivity index (χ1) is 31.3. The molecule has 3 saturated heterocycles. The summed E-state index contributed by atoms with van der Waals surface area (Å²) in [6, 6.07) is 38.8. The van der Waals surface area contributed by atoms with Gasteiger partial charge in [0.1, 0.15) is 36.6 Å². The van der Waals surface area contributed by atoms with E-state index in [0.29, 0.717) is 0 Å². The van der Waals surface area contributed by atoms with Crippen molar-refractivity contribution in [3.63, 3.8) is 0 Å². The van der Waals surface area contributed by atoms with Crippen LogP contribution in [0.2, 0.25) is 0 Å². The van der Waals surface area contributed by atoms with Crippen LogP contribution in [0.3, 0.4) is 0 Å². The van der Waals surface area contributed by atoms with Crippen LogP contribution < -0.4 is 0 Å². The number of oxime groups is 1. The molecular weight excluding hydrogens is 835 g/mol. The van der Waals surface area contributed by atoms with Gasteiger partial charge in [-0.25, -0.2) is 4.79 Å². The molecule has 0 aromatic heterocycles. The highest BCUT2D eigenvalue weighted by molar-refractivity contribution is 5.95. The molecule has 0 radical (unpaired) electrons. The fourth-order valence-electron chi connectivity index (χ4n) is 7.37. The summed E-state index contributed by atoms with van der Waals surface area (Å²) in [4.78, 5) is 32.6. The zero-order valence-electron chi connectivity index (χ0n) is 38.1. The molecule has 65 heavy (non-hydrogen) atoms. The Kier molecular flexibility index (Phi) is 16.3. The number of benzene rings is 4. The molecule has 0 amide bonds. The number of hydrogen-bond donors (Lipinski definition) is 0. The van der Waals surface area contributed by atoms with Crippen molar-refractivity contribution in [2.45, 2.75) is 123 Å². The van der Waals surface area contributed by atoms with Crippen molar-refractivity contribution in [2.24, 2.45) is 16.0 Å². The zero-order valence-corrected chi connectivity index (χ0v) is 38.1. The Morgan fingerprint density at radius 3 is 1.65 bits per heavy atom. The van der Waals surface area contributed by atoms with Crippen molar-refractivity contribution in [1.29, 1.82) is 0 Å². The molecule has 3 aliphatic rings. The zero-order chi connectivity index (χ0) is 46.0. The topological polar surface area (TPSA) is 148 Å². The largest absolute Gasteiger partial charge is 0.453 e. The average Bonchev–Trinajstić information content (AvgIpc) is 3.31. The molecule has 3 fully saturated rings. The van der Waals surface area contributed by atoms with Gasteiger partial charge in [0.25, 0.3) is 0 Å². The second-order valence-corrected chi connectivity index (χ2v) is 18.3. The lowest BCUT2D eigenvalue weighted by Gasteiger charge is -2.47. The standard InChI is InChI=1S/C51H61NO13/c1-50(2,3)48(53)64-42-39(52-65-49(54)51(4,5)6)46(61-38-32-59-45(63-41(38)42)36-26-18-11-19-27-36)60-31-37-40(56-28-33-20-12-8-13-21-33)43(57-29-34-22-14-9-15-23-34)44(47(55-7)62-37)58-30-35-24-16-10-17-25-35/h8-27,37-38,40-47H,28-32H2,1-7H3/b52-39+/t37-,38-,40-,41-,42-,43+,44-,45-,46+,47+/m1/s1. The Bertz CT molecular complexity index is 2130. The molecule has 10 atom stereocenters. The molecule has 0 saturated carbocycles. The van der Waals surface area contributed by atoms with Crippen molar-refractivity contribution in [1.82, 2.24) is 0 Å². The van der Waals surface area contributed by atoms with Gasteiger partial charge in [0.05, 0.1) is 43.9 Å². The summed E-state index contributed by atoms with van der Waals surface area (Å²) >= 11 is 0. The maximum absolute atomic E-state index is 13.8. The van der Waals surface area contributed by atoms with Gasteiger partial charge >= 0.3 is 11.9 Å². The highest BCUT2D eigenvalue weighted by Crippen LogP contribution is 2.37. The number of fused-ring (bicyclic) bond motifs is 1. The molecule has 4 aromatic rings. The monoisotopic (exact) mass is 895 g/mol. The van der Waals surface area contributed by atoms with Gasteiger partial charge < -0.3 is 52.2 Å². The molecule has 14 nitrogen and oxygen atoms in total. The third kappa shape index (κ3) is 12.7. The lowest BCUT2D eigenvalue weighted by molar-refractivity contribution is -0.334. The second kappa shape index (κ2) is 22.1. The van der Waals surface area contributed by atoms with Gasteiger partial charge in [-0.05, 0) is 58.2 Å². The van der Waals surface area contributed by atoms with Crippen LogP contribution in [0.1, 0.15) is 70.1 Å². The molecule has 0 spiro atoms. The van der Waals surface area contributed by atoms with Gasteiger partial charge in [0.2, 0.25) is 6.29 Å². The highest BCUT2D eigenvalue weighted by atomic mass is 16.8. The van der Waals surface area contributed by atoms with Gasteiger partial charge in [-0.15, -0.1) is 0 Å². The summed E-state index contributed by atoms with van der Waals surface area (Å²) in [5, 5.41) is 4.35. The molecule has 348 valence electrons. The summed E-state index contributed by atoms with van der Waals surface area (Å²) in [5.41, 5.74) is 1.70. The fourth-order valence-corrected chi connectivity index (χ4v) is 7.37. The predicted octanol–water partition coefficient (Wildman–Crippen LogP) is 7.87. The van der Waals surface area contributed by atoms with E-state index in [1.807, 2.05) is 121 Å². The lowest BCUT2D eigenvalue weighted by Crippen LogP contribution is -2.64. The number of carbonyl (C=O) groups excluding carboxylic acids is 2. The van der Waals surface area contributed by atoms with Crippen molar-refractivity contribution < 1.29 is 61.8 Å². The van der Waals surface area contributed by atoms with E-state index >= 15 is 0 Å². The SMILES string of the molecule is CO[C@H]1O[C@H](CO[C@H]2O[C@@H]3CO[C@@H](c4ccccc4)O[C@H]3[C@H](OC(=O)C(C)(C)C)/C2=N\OC(=O)C(C)(C)C)[C@@H](OCc2ccccc2)[C@H](OCc2ccccc2)[C@H]1OCc1ccccc1. The van der Waals surface area contributed by atoms with E-state index in [0.717, 1.165) is 22.3 Å². The number of rotatable bonds is 16. The van der Waals surface area contributed by atoms with Crippen LogP contribution in [-0.2, 0) is 81.6 Å². The lowest BCUT2D eigenvalue weighted by atomic mass is 9.95. The number of carbonyl (C=O) groups is 2. The van der Waals surface area contributed by atoms with Crippen LogP contribution in [-0.4, -0.2) is 93.3 Å². The maximum atomic E-state index is 13.8. The van der Waals surface area contributed by atoms with Gasteiger partial charge in [-0.3, -0.25) is 4.79 Å². The summed E-state index contributed by atoms with van der Waals surface area (Å²) in [6.07, 6.45) is -9.23. The van der Waals surface area contributed by atoms with Crippen molar-refractivity contribution >= 4 is 17.7 Å². The average molecular weight is 896 g/mol. The Hall–Kier alpha value is -4.87. The molecule has 0 unspecified atom stereocenters. The Balaban J connectivity index is 1.22. The summed E-state index contributed by atoms with van der Waals surface area (Å²) in [7, 11) is 1.54. The maximum Gasteiger partial charge on any atom is 0.340 e. The minimum atomic E-state index is -1.35. The number of hydrogen-bond acceptors (Lipinski definition) is 14. The van der Waals surface area contributed by atoms with Gasteiger partial charge in [0, 0.05) is 12.7 Å². The fraction of sp³-hybridized carbons (Fsp3) is 0.471. The van der Waals surface area contributed by atoms with Crippen molar-refractivity contribution in [3.8, 4) is 0 Å². The predicted molar refractivity (Wildman–Crippen MR) is 238 cm³/mol. The quantitative estimate of drug-likeness (QED) is 0.0611. The van der Waals surface area contributed by atoms with Crippen LogP contribution >= 0.6 is 0 Å². The summed E-state index contributed by atoms with van der Waals surface area (Å²) in [6.45, 7) is 10.9. The normalized spacial score (nSPS) is 27.7. The molecule has 0 N–H and O–H groups in total. The molecule has 3 aliphatic heterocycles.